The Morgan fingerprint density at radius 1 is 0.688 bits per heavy atom. The number of nitrogens with zero attached hydrogens (tertiary/aromatic N) is 1. The van der Waals surface area contributed by atoms with Gasteiger partial charge in [0.2, 0.25) is 0 Å². The average Bonchev–Trinajstić information content (AvgIpc) is 3.40. The number of hydrogen-bond acceptors (Lipinski definition) is 2. The number of rotatable bonds is 2. The molecule has 0 amide bonds. The van der Waals surface area contributed by atoms with E-state index in [0.29, 0.717) is 5.92 Å². The van der Waals surface area contributed by atoms with Gasteiger partial charge < -0.3 is 9.32 Å². The van der Waals surface area contributed by atoms with Crippen molar-refractivity contribution < 1.29 is 4.42 Å². The molecule has 2 nitrogen and oxygen atoms in total. The Hall–Kier alpha value is -4.04. The molecule has 4 aromatic carbocycles. The number of hydrogen-bond donors (Lipinski definition) is 0. The van der Waals surface area contributed by atoms with Crippen LogP contribution in [0.3, 0.4) is 0 Å². The second kappa shape index (κ2) is 6.73. The van der Waals surface area contributed by atoms with Crippen molar-refractivity contribution in [2.24, 2.45) is 0 Å². The summed E-state index contributed by atoms with van der Waals surface area (Å²) in [5.41, 5.74) is 8.18. The fourth-order valence-electron chi connectivity index (χ4n) is 5.39. The van der Waals surface area contributed by atoms with Gasteiger partial charge in [-0.15, -0.1) is 0 Å². The third-order valence-electron chi connectivity index (χ3n) is 6.80. The number of allylic oxidation sites excluding steroid dienone is 2. The number of furan rings is 1. The van der Waals surface area contributed by atoms with Gasteiger partial charge in [0.15, 0.2) is 0 Å². The fraction of sp³-hybridized carbons (Fsp3) is 0.0667. The Morgan fingerprint density at radius 3 is 2.41 bits per heavy atom. The molecular formula is C30H21NO. The summed E-state index contributed by atoms with van der Waals surface area (Å²) in [4.78, 5) is 2.46. The Balaban J connectivity index is 1.39. The quantitative estimate of drug-likeness (QED) is 0.294. The molecule has 0 radical (unpaired) electrons. The molecule has 2 atom stereocenters. The second-order valence-electron chi connectivity index (χ2n) is 8.54. The van der Waals surface area contributed by atoms with Crippen molar-refractivity contribution in [1.29, 1.82) is 0 Å². The standard InChI is InChI=1S/C30H21NO/c1-2-9-21(10-3-1)31-27-15-6-4-11-23(27)26-19-20(17-18-28(26)31)22-13-8-14-25-24-12-5-7-16-29(24)32-30(22)25/h1-19,26,28H. The highest BCUT2D eigenvalue weighted by Gasteiger charge is 2.38. The SMILES string of the molecule is C1=CC2C(C=C1c1cccc3c1oc1ccccc13)c1ccccc1N2c1ccccc1. The van der Waals surface area contributed by atoms with E-state index >= 15 is 0 Å². The van der Waals surface area contributed by atoms with E-state index in [1.54, 1.807) is 0 Å². The van der Waals surface area contributed by atoms with Crippen molar-refractivity contribution in [1.82, 2.24) is 0 Å². The normalized spacial score (nSPS) is 19.2. The lowest BCUT2D eigenvalue weighted by molar-refractivity contribution is 0.667. The molecule has 0 saturated heterocycles. The summed E-state index contributed by atoms with van der Waals surface area (Å²) < 4.78 is 6.32. The van der Waals surface area contributed by atoms with Crippen LogP contribution >= 0.6 is 0 Å². The van der Waals surface area contributed by atoms with E-state index < -0.39 is 0 Å². The summed E-state index contributed by atoms with van der Waals surface area (Å²) in [6, 6.07) is 34.5. The van der Waals surface area contributed by atoms with E-state index in [1.807, 2.05) is 12.1 Å². The summed E-state index contributed by atoms with van der Waals surface area (Å²) in [5, 5.41) is 2.34. The maximum atomic E-state index is 6.32. The van der Waals surface area contributed by atoms with Gasteiger partial charge in [-0.05, 0) is 35.4 Å². The molecule has 2 aliphatic rings. The topological polar surface area (TPSA) is 16.4 Å². The third-order valence-corrected chi connectivity index (χ3v) is 6.80. The van der Waals surface area contributed by atoms with Crippen LogP contribution < -0.4 is 4.90 Å². The summed E-state index contributed by atoms with van der Waals surface area (Å²) >= 11 is 0. The largest absolute Gasteiger partial charge is 0.455 e. The van der Waals surface area contributed by atoms with Crippen LogP contribution in [0.2, 0.25) is 0 Å². The minimum Gasteiger partial charge on any atom is -0.455 e. The van der Waals surface area contributed by atoms with Crippen LogP contribution in [0.25, 0.3) is 27.5 Å². The van der Waals surface area contributed by atoms with Gasteiger partial charge >= 0.3 is 0 Å². The molecule has 2 heterocycles. The lowest BCUT2D eigenvalue weighted by atomic mass is 9.86. The number of fused-ring (bicyclic) bond motifs is 6. The first-order chi connectivity index (χ1) is 15.9. The van der Waals surface area contributed by atoms with Crippen LogP contribution in [-0.4, -0.2) is 6.04 Å². The predicted molar refractivity (Wildman–Crippen MR) is 132 cm³/mol. The fourth-order valence-corrected chi connectivity index (χ4v) is 5.39. The monoisotopic (exact) mass is 411 g/mol. The summed E-state index contributed by atoms with van der Waals surface area (Å²) in [7, 11) is 0. The highest BCUT2D eigenvalue weighted by atomic mass is 16.3. The Kier molecular flexibility index (Phi) is 3.71. The zero-order valence-electron chi connectivity index (χ0n) is 17.5. The van der Waals surface area contributed by atoms with Gasteiger partial charge in [0.1, 0.15) is 11.2 Å². The van der Waals surface area contributed by atoms with E-state index in [9.17, 15) is 0 Å². The first-order valence-electron chi connectivity index (χ1n) is 11.1. The molecule has 1 aliphatic carbocycles. The molecule has 0 spiro atoms. The van der Waals surface area contributed by atoms with E-state index in [4.69, 9.17) is 4.42 Å². The molecule has 0 saturated carbocycles. The van der Waals surface area contributed by atoms with Gasteiger partial charge in [-0.25, -0.2) is 0 Å². The van der Waals surface area contributed by atoms with Gasteiger partial charge in [0.25, 0.3) is 0 Å². The molecular weight excluding hydrogens is 390 g/mol. The summed E-state index contributed by atoms with van der Waals surface area (Å²) in [6.07, 6.45) is 7.05. The molecule has 7 rings (SSSR count). The average molecular weight is 412 g/mol. The molecule has 5 aromatic rings. The lowest BCUT2D eigenvalue weighted by Gasteiger charge is -2.29. The highest BCUT2D eigenvalue weighted by molar-refractivity contribution is 6.08. The lowest BCUT2D eigenvalue weighted by Crippen LogP contribution is -2.28. The minimum atomic E-state index is 0.272. The van der Waals surface area contributed by atoms with Gasteiger partial charge in [0.05, 0.1) is 6.04 Å². The van der Waals surface area contributed by atoms with Crippen LogP contribution in [-0.2, 0) is 0 Å². The van der Waals surface area contributed by atoms with Gasteiger partial charge in [0, 0.05) is 33.6 Å². The predicted octanol–water partition coefficient (Wildman–Crippen LogP) is 7.84. The Morgan fingerprint density at radius 2 is 1.47 bits per heavy atom. The van der Waals surface area contributed by atoms with Crippen LogP contribution in [0.15, 0.2) is 120 Å². The maximum absolute atomic E-state index is 6.32. The maximum Gasteiger partial charge on any atom is 0.143 e. The molecule has 2 unspecified atom stereocenters. The molecule has 0 fully saturated rings. The molecule has 0 bridgehead atoms. The molecule has 1 aliphatic heterocycles. The molecule has 0 N–H and O–H groups in total. The summed E-state index contributed by atoms with van der Waals surface area (Å²) in [5.74, 6) is 0.297. The van der Waals surface area contributed by atoms with Crippen molar-refractivity contribution >= 4 is 38.9 Å². The first kappa shape index (κ1) is 17.6. The van der Waals surface area contributed by atoms with Crippen molar-refractivity contribution in [2.45, 2.75) is 12.0 Å². The van der Waals surface area contributed by atoms with Gasteiger partial charge in [-0.2, -0.15) is 0 Å². The number of para-hydroxylation sites is 4. The molecule has 152 valence electrons. The van der Waals surface area contributed by atoms with E-state index in [-0.39, 0.29) is 6.04 Å². The smallest absolute Gasteiger partial charge is 0.143 e. The number of benzene rings is 4. The minimum absolute atomic E-state index is 0.272. The van der Waals surface area contributed by atoms with Crippen molar-refractivity contribution in [3.05, 3.63) is 126 Å². The second-order valence-corrected chi connectivity index (χ2v) is 8.54. The van der Waals surface area contributed by atoms with Crippen LogP contribution in [0.5, 0.6) is 0 Å². The van der Waals surface area contributed by atoms with Crippen LogP contribution in [0.4, 0.5) is 11.4 Å². The Bertz CT molecular complexity index is 1540. The molecule has 1 aromatic heterocycles. The molecule has 32 heavy (non-hydrogen) atoms. The number of anilines is 2. The zero-order valence-corrected chi connectivity index (χ0v) is 17.5. The first-order valence-corrected chi connectivity index (χ1v) is 11.1. The Labute approximate surface area is 186 Å². The van der Waals surface area contributed by atoms with Crippen LogP contribution in [0, 0.1) is 0 Å². The summed E-state index contributed by atoms with van der Waals surface area (Å²) in [6.45, 7) is 0. The van der Waals surface area contributed by atoms with E-state index in [1.165, 1.54) is 33.3 Å². The van der Waals surface area contributed by atoms with Crippen LogP contribution in [0.1, 0.15) is 17.0 Å². The van der Waals surface area contributed by atoms with Crippen molar-refractivity contribution in [2.75, 3.05) is 4.90 Å². The zero-order chi connectivity index (χ0) is 21.1. The molecule has 2 heteroatoms. The van der Waals surface area contributed by atoms with Crippen molar-refractivity contribution in [3.63, 3.8) is 0 Å². The highest BCUT2D eigenvalue weighted by Crippen LogP contribution is 2.49. The van der Waals surface area contributed by atoms with Crippen molar-refractivity contribution in [3.8, 4) is 0 Å². The third kappa shape index (κ3) is 2.47. The van der Waals surface area contributed by atoms with Gasteiger partial charge in [-0.1, -0.05) is 91.0 Å². The van der Waals surface area contributed by atoms with Gasteiger partial charge in [-0.3, -0.25) is 0 Å². The van der Waals surface area contributed by atoms with E-state index in [0.717, 1.165) is 16.7 Å². The van der Waals surface area contributed by atoms with E-state index in [2.05, 4.69) is 108 Å².